The molecule has 0 atom stereocenters. The van der Waals surface area contributed by atoms with Crippen LogP contribution in [0.2, 0.25) is 13.1 Å². The minimum atomic E-state index is -3.22. The lowest BCUT2D eigenvalue weighted by atomic mass is 10.4. The lowest BCUT2D eigenvalue weighted by molar-refractivity contribution is -0.133. The molecule has 27 heavy (non-hydrogen) atoms. The summed E-state index contributed by atoms with van der Waals surface area (Å²) < 4.78 is 13.0. The molecule has 0 unspecified atom stereocenters. The van der Waals surface area contributed by atoms with E-state index in [1.165, 1.54) is 12.1 Å². The van der Waals surface area contributed by atoms with E-state index in [1.807, 2.05) is 78.9 Å². The Balaban J connectivity index is 2.18. The molecular weight excluding hydrogens is 368 g/mol. The van der Waals surface area contributed by atoms with Gasteiger partial charge in [0.1, 0.15) is 0 Å². The van der Waals surface area contributed by atoms with Gasteiger partial charge in [-0.15, -0.1) is 0 Å². The first-order chi connectivity index (χ1) is 12.9. The van der Waals surface area contributed by atoms with Crippen LogP contribution in [0.5, 0.6) is 0 Å². The van der Waals surface area contributed by atoms with Gasteiger partial charge in [-0.3, -0.25) is 4.79 Å². The zero-order valence-corrected chi connectivity index (χ0v) is 17.9. The summed E-state index contributed by atoms with van der Waals surface area (Å²) in [5.41, 5.74) is 0. The number of carbonyl (C=O) groups excluding carboxylic acids is 1. The molecule has 5 heteroatoms. The number of benzene rings is 3. The maximum Gasteiger partial charge on any atom is 0.460 e. The van der Waals surface area contributed by atoms with Crippen LogP contribution >= 0.6 is 0 Å². The molecule has 0 amide bonds. The fourth-order valence-electron chi connectivity index (χ4n) is 3.20. The quantitative estimate of drug-likeness (QED) is 0.605. The fraction of sp³-hybridized carbons (Fsp3) is 0.136. The molecule has 0 saturated carbocycles. The van der Waals surface area contributed by atoms with Gasteiger partial charge in [0.2, 0.25) is 8.32 Å². The van der Waals surface area contributed by atoms with Gasteiger partial charge in [-0.2, -0.15) is 0 Å². The van der Waals surface area contributed by atoms with E-state index in [-0.39, 0.29) is 5.97 Å². The Morgan fingerprint density at radius 1 is 0.667 bits per heavy atom. The molecule has 3 aromatic rings. The van der Waals surface area contributed by atoms with Crippen LogP contribution in [0.25, 0.3) is 0 Å². The summed E-state index contributed by atoms with van der Waals surface area (Å²) >= 11 is 0. The van der Waals surface area contributed by atoms with E-state index in [0.717, 1.165) is 10.4 Å². The van der Waals surface area contributed by atoms with Crippen molar-refractivity contribution in [2.24, 2.45) is 0 Å². The monoisotopic (exact) mass is 392 g/mol. The number of hydrogen-bond donors (Lipinski definition) is 0. The third-order valence-electron chi connectivity index (χ3n) is 4.46. The van der Waals surface area contributed by atoms with E-state index < -0.39 is 16.9 Å². The van der Waals surface area contributed by atoms with Crippen molar-refractivity contribution in [1.29, 1.82) is 0 Å². The van der Waals surface area contributed by atoms with E-state index in [2.05, 4.69) is 25.2 Å². The highest BCUT2D eigenvalue weighted by molar-refractivity contribution is 7.01. The normalized spacial score (nSPS) is 11.8. The number of carbonyl (C=O) groups is 1. The summed E-state index contributed by atoms with van der Waals surface area (Å²) in [6, 6.07) is 30.0. The molecule has 138 valence electrons. The second-order valence-electron chi connectivity index (χ2n) is 6.92. The number of hydrogen-bond acceptors (Lipinski definition) is 3. The Labute approximate surface area is 163 Å². The summed E-state index contributed by atoms with van der Waals surface area (Å²) in [5, 5.41) is 3.03. The molecule has 0 radical (unpaired) electrons. The van der Waals surface area contributed by atoms with Gasteiger partial charge in [-0.25, -0.2) is 0 Å². The molecule has 0 bridgehead atoms. The summed E-state index contributed by atoms with van der Waals surface area (Å²) in [5.74, 6) is -0.327. The van der Waals surface area contributed by atoms with Gasteiger partial charge in [0.15, 0.2) is 0 Å². The predicted octanol–water partition coefficient (Wildman–Crippen LogP) is 2.94. The zero-order chi connectivity index (χ0) is 19.3. The molecular formula is C22H24O3Si2. The van der Waals surface area contributed by atoms with Crippen molar-refractivity contribution in [3.05, 3.63) is 91.0 Å². The average molecular weight is 393 g/mol. The van der Waals surface area contributed by atoms with E-state index >= 15 is 0 Å². The first-order valence-electron chi connectivity index (χ1n) is 9.00. The fourth-order valence-corrected chi connectivity index (χ4v) is 10.9. The second kappa shape index (κ2) is 8.04. The van der Waals surface area contributed by atoms with Crippen LogP contribution in [-0.4, -0.2) is 22.8 Å². The van der Waals surface area contributed by atoms with Crippen molar-refractivity contribution in [3.63, 3.8) is 0 Å². The molecule has 0 heterocycles. The summed E-state index contributed by atoms with van der Waals surface area (Å²) in [6.07, 6.45) is 0. The molecule has 3 aromatic carbocycles. The first kappa shape index (κ1) is 19.3. The highest BCUT2D eigenvalue weighted by atomic mass is 28.4. The van der Waals surface area contributed by atoms with Crippen molar-refractivity contribution in [1.82, 2.24) is 0 Å². The van der Waals surface area contributed by atoms with E-state index in [4.69, 9.17) is 8.54 Å². The lowest BCUT2D eigenvalue weighted by Crippen LogP contribution is -2.69. The third kappa shape index (κ3) is 4.27. The van der Waals surface area contributed by atoms with Gasteiger partial charge >= 0.3 is 8.56 Å². The van der Waals surface area contributed by atoms with Crippen molar-refractivity contribution in [3.8, 4) is 0 Å². The van der Waals surface area contributed by atoms with Gasteiger partial charge in [-0.05, 0) is 18.3 Å². The van der Waals surface area contributed by atoms with Gasteiger partial charge in [0, 0.05) is 17.3 Å². The van der Waals surface area contributed by atoms with E-state index in [9.17, 15) is 4.79 Å². The minimum absolute atomic E-state index is 0.327. The summed E-state index contributed by atoms with van der Waals surface area (Å²) in [4.78, 5) is 12.2. The van der Waals surface area contributed by atoms with E-state index in [0.29, 0.717) is 0 Å². The molecule has 0 aliphatic heterocycles. The van der Waals surface area contributed by atoms with Crippen molar-refractivity contribution >= 4 is 38.4 Å². The van der Waals surface area contributed by atoms with Crippen molar-refractivity contribution < 1.29 is 13.3 Å². The zero-order valence-electron chi connectivity index (χ0n) is 15.9. The smallest absolute Gasteiger partial charge is 0.460 e. The van der Waals surface area contributed by atoms with Crippen LogP contribution in [0.1, 0.15) is 6.92 Å². The highest BCUT2D eigenvalue weighted by Crippen LogP contribution is 2.18. The molecule has 0 aromatic heterocycles. The van der Waals surface area contributed by atoms with Gasteiger partial charge < -0.3 is 8.54 Å². The maximum absolute atomic E-state index is 12.2. The molecule has 0 fully saturated rings. The lowest BCUT2D eigenvalue weighted by Gasteiger charge is -2.37. The molecule has 0 N–H and O–H groups in total. The topological polar surface area (TPSA) is 35.5 Å². The van der Waals surface area contributed by atoms with Crippen LogP contribution in [0, 0.1) is 0 Å². The van der Waals surface area contributed by atoms with Crippen molar-refractivity contribution in [2.75, 3.05) is 0 Å². The van der Waals surface area contributed by atoms with Gasteiger partial charge in [-0.1, -0.05) is 91.0 Å². The largest absolute Gasteiger partial charge is 0.488 e. The van der Waals surface area contributed by atoms with Crippen LogP contribution in [0.15, 0.2) is 91.0 Å². The standard InChI is InChI=1S/C22H24O3Si2/c1-19(23)24-27(21-15-9-5-10-16-21,22-17-11-6-12-18-22)25-26(2,3)20-13-7-4-8-14-20/h4-18H,1-3H3. The van der Waals surface area contributed by atoms with Crippen LogP contribution in [-0.2, 0) is 13.3 Å². The minimum Gasteiger partial charge on any atom is -0.488 e. The van der Waals surface area contributed by atoms with Gasteiger partial charge in [0.05, 0.1) is 0 Å². The number of rotatable bonds is 6. The first-order valence-corrected chi connectivity index (χ1v) is 13.7. The second-order valence-corrected chi connectivity index (χ2v) is 13.9. The Morgan fingerprint density at radius 2 is 1.04 bits per heavy atom. The molecule has 3 rings (SSSR count). The Morgan fingerprint density at radius 3 is 1.41 bits per heavy atom. The van der Waals surface area contributed by atoms with Gasteiger partial charge in [0.25, 0.3) is 5.97 Å². The van der Waals surface area contributed by atoms with Crippen LogP contribution < -0.4 is 15.6 Å². The van der Waals surface area contributed by atoms with Crippen LogP contribution in [0.3, 0.4) is 0 Å². The maximum atomic E-state index is 12.2. The molecule has 0 aliphatic carbocycles. The average Bonchev–Trinajstić information content (AvgIpc) is 2.69. The Kier molecular flexibility index (Phi) is 5.75. The van der Waals surface area contributed by atoms with Crippen LogP contribution in [0.4, 0.5) is 0 Å². The van der Waals surface area contributed by atoms with E-state index in [1.54, 1.807) is 0 Å². The predicted molar refractivity (Wildman–Crippen MR) is 114 cm³/mol. The van der Waals surface area contributed by atoms with Crippen molar-refractivity contribution in [2.45, 2.75) is 20.0 Å². The highest BCUT2D eigenvalue weighted by Gasteiger charge is 2.50. The molecule has 0 saturated heterocycles. The molecule has 3 nitrogen and oxygen atoms in total. The molecule has 0 aliphatic rings. The SMILES string of the molecule is CC(=O)O[Si](O[Si](C)(C)c1ccccc1)(c1ccccc1)c1ccccc1. The Hall–Kier alpha value is -2.48. The summed E-state index contributed by atoms with van der Waals surface area (Å²) in [6.45, 7) is 5.76. The Bertz CT molecular complexity index is 842. The third-order valence-corrected chi connectivity index (χ3v) is 12.1. The summed E-state index contributed by atoms with van der Waals surface area (Å²) in [7, 11) is -5.58. The molecule has 0 spiro atoms.